The predicted octanol–water partition coefficient (Wildman–Crippen LogP) is 5.50. The van der Waals surface area contributed by atoms with Gasteiger partial charge in [0.2, 0.25) is 0 Å². The Labute approximate surface area is 194 Å². The molecule has 0 saturated heterocycles. The second-order valence-electron chi connectivity index (χ2n) is 8.48. The van der Waals surface area contributed by atoms with Gasteiger partial charge >= 0.3 is 0 Å². The summed E-state index contributed by atoms with van der Waals surface area (Å²) in [7, 11) is 5.18. The Hall–Kier alpha value is -1.47. The largest absolute Gasteiger partial charge is 0.497 e. The summed E-state index contributed by atoms with van der Waals surface area (Å²) >= 11 is 2.44. The lowest BCUT2D eigenvalue weighted by Crippen LogP contribution is -2.33. The molecule has 0 aromatic heterocycles. The van der Waals surface area contributed by atoms with Gasteiger partial charge in [-0.05, 0) is 82.7 Å². The molecule has 0 bridgehead atoms. The standard InChI is InChI=1S/C25H32INO3/c1-28-19-10-8-18(9-11-19)22-16-27(15-17-6-4-5-7-17)13-12-20-21(22)14-23(29-2)25(30-3)24(20)26/h8-11,14,17,22H,4-7,12-13,15-16H2,1-3H3. The summed E-state index contributed by atoms with van der Waals surface area (Å²) < 4.78 is 18.0. The summed E-state index contributed by atoms with van der Waals surface area (Å²) in [5.41, 5.74) is 4.11. The van der Waals surface area contributed by atoms with Crippen LogP contribution in [0.1, 0.15) is 48.3 Å². The fourth-order valence-electron chi connectivity index (χ4n) is 5.14. The van der Waals surface area contributed by atoms with Gasteiger partial charge in [0.15, 0.2) is 11.5 Å². The van der Waals surface area contributed by atoms with Gasteiger partial charge in [0.05, 0.1) is 24.9 Å². The molecule has 0 radical (unpaired) electrons. The lowest BCUT2D eigenvalue weighted by molar-refractivity contribution is 0.233. The maximum atomic E-state index is 5.72. The van der Waals surface area contributed by atoms with E-state index in [0.717, 1.165) is 42.7 Å². The minimum atomic E-state index is 0.308. The number of fused-ring (bicyclic) bond motifs is 1. The van der Waals surface area contributed by atoms with Crippen molar-refractivity contribution in [2.24, 2.45) is 5.92 Å². The monoisotopic (exact) mass is 521 g/mol. The van der Waals surface area contributed by atoms with Gasteiger partial charge < -0.3 is 19.1 Å². The normalized spacial score (nSPS) is 19.9. The highest BCUT2D eigenvalue weighted by Crippen LogP contribution is 2.43. The van der Waals surface area contributed by atoms with E-state index < -0.39 is 0 Å². The average molecular weight is 521 g/mol. The maximum absolute atomic E-state index is 5.72. The SMILES string of the molecule is COc1ccc(C2CN(CC3CCCC3)CCc3c2cc(OC)c(OC)c3I)cc1. The molecule has 0 amide bonds. The van der Waals surface area contributed by atoms with Crippen LogP contribution in [0.4, 0.5) is 0 Å². The lowest BCUT2D eigenvalue weighted by atomic mass is 9.87. The van der Waals surface area contributed by atoms with Crippen LogP contribution in [-0.2, 0) is 6.42 Å². The van der Waals surface area contributed by atoms with Crippen molar-refractivity contribution in [2.75, 3.05) is 41.0 Å². The van der Waals surface area contributed by atoms with E-state index in [9.17, 15) is 0 Å². The van der Waals surface area contributed by atoms with Crippen LogP contribution in [0.5, 0.6) is 17.2 Å². The van der Waals surface area contributed by atoms with Gasteiger partial charge in [-0.25, -0.2) is 0 Å². The third kappa shape index (κ3) is 4.42. The first-order valence-electron chi connectivity index (χ1n) is 10.9. The lowest BCUT2D eigenvalue weighted by Gasteiger charge is -2.28. The summed E-state index contributed by atoms with van der Waals surface area (Å²) in [6.45, 7) is 3.36. The minimum Gasteiger partial charge on any atom is -0.497 e. The van der Waals surface area contributed by atoms with Crippen molar-refractivity contribution in [3.8, 4) is 17.2 Å². The molecule has 1 atom stereocenters. The number of benzene rings is 2. The van der Waals surface area contributed by atoms with Crippen LogP contribution in [0.15, 0.2) is 30.3 Å². The highest BCUT2D eigenvalue weighted by Gasteiger charge is 2.30. The van der Waals surface area contributed by atoms with Crippen molar-refractivity contribution < 1.29 is 14.2 Å². The predicted molar refractivity (Wildman–Crippen MR) is 129 cm³/mol. The molecule has 0 N–H and O–H groups in total. The number of hydrogen-bond donors (Lipinski definition) is 0. The van der Waals surface area contributed by atoms with E-state index in [1.807, 2.05) is 0 Å². The molecule has 1 aliphatic heterocycles. The van der Waals surface area contributed by atoms with Gasteiger partial charge in [-0.1, -0.05) is 25.0 Å². The third-order valence-corrected chi connectivity index (χ3v) is 7.89. The summed E-state index contributed by atoms with van der Waals surface area (Å²) in [6, 6.07) is 10.8. The molecule has 1 fully saturated rings. The molecule has 1 aliphatic carbocycles. The van der Waals surface area contributed by atoms with E-state index in [-0.39, 0.29) is 0 Å². The summed E-state index contributed by atoms with van der Waals surface area (Å²) in [4.78, 5) is 2.69. The van der Waals surface area contributed by atoms with E-state index in [0.29, 0.717) is 5.92 Å². The highest BCUT2D eigenvalue weighted by atomic mass is 127. The topological polar surface area (TPSA) is 30.9 Å². The van der Waals surface area contributed by atoms with Gasteiger partial charge in [-0.2, -0.15) is 0 Å². The van der Waals surface area contributed by atoms with E-state index in [1.54, 1.807) is 21.3 Å². The van der Waals surface area contributed by atoms with E-state index in [4.69, 9.17) is 14.2 Å². The Bertz CT molecular complexity index is 862. The van der Waals surface area contributed by atoms with Crippen LogP contribution in [-0.4, -0.2) is 45.9 Å². The molecule has 2 aliphatic rings. The summed E-state index contributed by atoms with van der Waals surface area (Å²) in [5, 5.41) is 0. The molecule has 1 unspecified atom stereocenters. The number of hydrogen-bond acceptors (Lipinski definition) is 4. The molecule has 0 spiro atoms. The molecule has 4 nitrogen and oxygen atoms in total. The smallest absolute Gasteiger partial charge is 0.174 e. The van der Waals surface area contributed by atoms with E-state index in [2.05, 4.69) is 57.8 Å². The minimum absolute atomic E-state index is 0.308. The quantitative estimate of drug-likeness (QED) is 0.470. The Balaban J connectivity index is 1.75. The number of halogens is 1. The Morgan fingerprint density at radius 2 is 1.73 bits per heavy atom. The first-order chi connectivity index (χ1) is 14.6. The van der Waals surface area contributed by atoms with Gasteiger partial charge in [-0.15, -0.1) is 0 Å². The molecule has 4 rings (SSSR count). The molecule has 1 saturated carbocycles. The summed E-state index contributed by atoms with van der Waals surface area (Å²) in [6.07, 6.45) is 6.61. The van der Waals surface area contributed by atoms with Gasteiger partial charge in [0.1, 0.15) is 5.75 Å². The van der Waals surface area contributed by atoms with Crippen molar-refractivity contribution >= 4 is 22.6 Å². The van der Waals surface area contributed by atoms with Crippen LogP contribution in [0.3, 0.4) is 0 Å². The maximum Gasteiger partial charge on any atom is 0.174 e. The van der Waals surface area contributed by atoms with Crippen LogP contribution in [0.2, 0.25) is 0 Å². The fourth-order valence-corrected chi connectivity index (χ4v) is 6.20. The van der Waals surface area contributed by atoms with Crippen LogP contribution in [0, 0.1) is 9.49 Å². The second-order valence-corrected chi connectivity index (χ2v) is 9.56. The first kappa shape index (κ1) is 21.8. The fraction of sp³-hybridized carbons (Fsp3) is 0.520. The number of nitrogens with zero attached hydrogens (tertiary/aromatic N) is 1. The number of methoxy groups -OCH3 is 3. The van der Waals surface area contributed by atoms with Crippen molar-refractivity contribution in [3.63, 3.8) is 0 Å². The van der Waals surface area contributed by atoms with Crippen molar-refractivity contribution in [3.05, 3.63) is 50.6 Å². The molecule has 30 heavy (non-hydrogen) atoms. The third-order valence-electron chi connectivity index (χ3n) is 6.75. The van der Waals surface area contributed by atoms with Crippen molar-refractivity contribution in [1.82, 2.24) is 4.90 Å². The van der Waals surface area contributed by atoms with Crippen LogP contribution in [0.25, 0.3) is 0 Å². The Morgan fingerprint density at radius 1 is 1.00 bits per heavy atom. The molecule has 162 valence electrons. The zero-order valence-corrected chi connectivity index (χ0v) is 20.4. The second kappa shape index (κ2) is 9.77. The number of rotatable bonds is 6. The van der Waals surface area contributed by atoms with Gasteiger partial charge in [-0.3, -0.25) is 0 Å². The van der Waals surface area contributed by atoms with E-state index in [1.165, 1.54) is 52.5 Å². The Morgan fingerprint density at radius 3 is 2.37 bits per heavy atom. The van der Waals surface area contributed by atoms with Crippen molar-refractivity contribution in [2.45, 2.75) is 38.0 Å². The van der Waals surface area contributed by atoms with Crippen LogP contribution >= 0.6 is 22.6 Å². The van der Waals surface area contributed by atoms with Crippen LogP contribution < -0.4 is 14.2 Å². The van der Waals surface area contributed by atoms with Gasteiger partial charge in [0, 0.05) is 25.6 Å². The zero-order valence-electron chi connectivity index (χ0n) is 18.2. The molecule has 1 heterocycles. The van der Waals surface area contributed by atoms with Gasteiger partial charge in [0.25, 0.3) is 0 Å². The first-order valence-corrected chi connectivity index (χ1v) is 12.0. The van der Waals surface area contributed by atoms with E-state index >= 15 is 0 Å². The number of ether oxygens (including phenoxy) is 3. The molecular formula is C25H32INO3. The van der Waals surface area contributed by atoms with Crippen molar-refractivity contribution in [1.29, 1.82) is 0 Å². The Kier molecular flexibility index (Phi) is 7.08. The average Bonchev–Trinajstić information content (AvgIpc) is 3.21. The molecule has 5 heteroatoms. The highest BCUT2D eigenvalue weighted by molar-refractivity contribution is 14.1. The molecular weight excluding hydrogens is 489 g/mol. The zero-order chi connectivity index (χ0) is 21.1. The summed E-state index contributed by atoms with van der Waals surface area (Å²) in [5.74, 6) is 3.74. The molecule has 2 aromatic carbocycles. The molecule has 2 aromatic rings.